The van der Waals surface area contributed by atoms with Crippen LogP contribution in [0, 0.1) is 0 Å². The van der Waals surface area contributed by atoms with Crippen molar-refractivity contribution in [1.82, 2.24) is 5.32 Å². The molecule has 0 radical (unpaired) electrons. The van der Waals surface area contributed by atoms with Crippen molar-refractivity contribution in [3.63, 3.8) is 0 Å². The summed E-state index contributed by atoms with van der Waals surface area (Å²) in [6.45, 7) is 1.73. The van der Waals surface area contributed by atoms with Crippen LogP contribution in [0.1, 0.15) is 18.4 Å². The lowest BCUT2D eigenvalue weighted by Crippen LogP contribution is -2.41. The second-order valence-corrected chi connectivity index (χ2v) is 4.61. The number of anilines is 1. The molecule has 1 saturated heterocycles. The number of benzene rings is 1. The first kappa shape index (κ1) is 13.2. The first-order chi connectivity index (χ1) is 8.50. The number of rotatable bonds is 2. The molecule has 0 bridgehead atoms. The molecule has 1 heterocycles. The predicted molar refractivity (Wildman–Crippen MR) is 65.7 cm³/mol. The molecule has 0 amide bonds. The number of piperidine rings is 1. The molecule has 100 valence electrons. The van der Waals surface area contributed by atoms with E-state index in [1.165, 1.54) is 6.07 Å². The normalized spacial score (nSPS) is 17.8. The van der Waals surface area contributed by atoms with Crippen LogP contribution in [0.25, 0.3) is 0 Å². The topological polar surface area (TPSA) is 15.3 Å². The minimum absolute atomic E-state index is 0.176. The summed E-state index contributed by atoms with van der Waals surface area (Å²) in [4.78, 5) is 1.77. The summed E-state index contributed by atoms with van der Waals surface area (Å²) in [6.07, 6.45) is -2.54. The number of nitrogens with one attached hydrogen (secondary N) is 1. The predicted octanol–water partition coefficient (Wildman–Crippen LogP) is 2.89. The molecule has 0 atom stereocenters. The quantitative estimate of drug-likeness (QED) is 0.877. The third kappa shape index (κ3) is 2.77. The minimum atomic E-state index is -4.29. The highest BCUT2D eigenvalue weighted by atomic mass is 19.4. The van der Waals surface area contributed by atoms with Gasteiger partial charge in [0.15, 0.2) is 0 Å². The van der Waals surface area contributed by atoms with E-state index in [1.54, 1.807) is 24.1 Å². The molecule has 5 heteroatoms. The zero-order valence-corrected chi connectivity index (χ0v) is 10.3. The maximum Gasteiger partial charge on any atom is 0.418 e. The minimum Gasteiger partial charge on any atom is -0.371 e. The highest BCUT2D eigenvalue weighted by Gasteiger charge is 2.35. The van der Waals surface area contributed by atoms with Crippen molar-refractivity contribution in [2.45, 2.75) is 25.1 Å². The molecule has 2 nitrogen and oxygen atoms in total. The van der Waals surface area contributed by atoms with Gasteiger partial charge in [-0.05, 0) is 38.1 Å². The maximum absolute atomic E-state index is 12.9. The van der Waals surface area contributed by atoms with Crippen LogP contribution >= 0.6 is 0 Å². The van der Waals surface area contributed by atoms with Crippen LogP contribution < -0.4 is 10.2 Å². The molecular formula is C13H17F3N2. The van der Waals surface area contributed by atoms with Gasteiger partial charge in [0.1, 0.15) is 0 Å². The number of nitrogens with zero attached hydrogens (tertiary/aromatic N) is 1. The number of halogens is 3. The molecule has 0 aliphatic carbocycles. The lowest BCUT2D eigenvalue weighted by atomic mass is 10.0. The molecule has 1 aliphatic rings. The third-order valence-electron chi connectivity index (χ3n) is 3.45. The highest BCUT2D eigenvalue weighted by Crippen LogP contribution is 2.37. The zero-order valence-electron chi connectivity index (χ0n) is 10.3. The SMILES string of the molecule is CN(c1ccccc1C(F)(F)F)C1CCNCC1. The molecule has 0 saturated carbocycles. The van der Waals surface area contributed by atoms with E-state index in [9.17, 15) is 13.2 Å². The Hall–Kier alpha value is -1.23. The van der Waals surface area contributed by atoms with Crippen molar-refractivity contribution in [1.29, 1.82) is 0 Å². The molecule has 1 N–H and O–H groups in total. The lowest BCUT2D eigenvalue weighted by molar-refractivity contribution is -0.137. The van der Waals surface area contributed by atoms with Crippen LogP contribution in [-0.2, 0) is 6.18 Å². The molecule has 2 rings (SSSR count). The van der Waals surface area contributed by atoms with Gasteiger partial charge in [0.05, 0.1) is 5.56 Å². The fourth-order valence-electron chi connectivity index (χ4n) is 2.41. The Morgan fingerprint density at radius 3 is 2.39 bits per heavy atom. The zero-order chi connectivity index (χ0) is 13.2. The van der Waals surface area contributed by atoms with E-state index in [0.717, 1.165) is 32.0 Å². The van der Waals surface area contributed by atoms with Crippen molar-refractivity contribution < 1.29 is 13.2 Å². The van der Waals surface area contributed by atoms with Gasteiger partial charge >= 0.3 is 6.18 Å². The standard InChI is InChI=1S/C13H17F3N2/c1-18(10-6-8-17-9-7-10)12-5-3-2-4-11(12)13(14,15)16/h2-5,10,17H,6-9H2,1H3. The van der Waals surface area contributed by atoms with Crippen LogP contribution in [0.15, 0.2) is 24.3 Å². The van der Waals surface area contributed by atoms with Crippen LogP contribution in [-0.4, -0.2) is 26.2 Å². The average molecular weight is 258 g/mol. The Balaban J connectivity index is 2.26. The Bertz CT molecular complexity index is 397. The van der Waals surface area contributed by atoms with Crippen LogP contribution in [0.3, 0.4) is 0 Å². The van der Waals surface area contributed by atoms with Crippen molar-refractivity contribution in [3.05, 3.63) is 29.8 Å². The smallest absolute Gasteiger partial charge is 0.371 e. The van der Waals surface area contributed by atoms with E-state index in [0.29, 0.717) is 0 Å². The highest BCUT2D eigenvalue weighted by molar-refractivity contribution is 5.55. The van der Waals surface area contributed by atoms with E-state index < -0.39 is 11.7 Å². The van der Waals surface area contributed by atoms with Crippen molar-refractivity contribution >= 4 is 5.69 Å². The van der Waals surface area contributed by atoms with E-state index >= 15 is 0 Å². The molecule has 1 fully saturated rings. The summed E-state index contributed by atoms with van der Waals surface area (Å²) in [6, 6.07) is 5.96. The van der Waals surface area contributed by atoms with Gasteiger partial charge in [-0.15, -0.1) is 0 Å². The third-order valence-corrected chi connectivity index (χ3v) is 3.45. The van der Waals surface area contributed by atoms with Crippen molar-refractivity contribution in [3.8, 4) is 0 Å². The molecule has 1 aromatic rings. The summed E-state index contributed by atoms with van der Waals surface area (Å²) in [7, 11) is 1.75. The van der Waals surface area contributed by atoms with Crippen molar-refractivity contribution in [2.24, 2.45) is 0 Å². The van der Waals surface area contributed by atoms with E-state index in [4.69, 9.17) is 0 Å². The molecule has 1 aliphatic heterocycles. The van der Waals surface area contributed by atoms with Gasteiger partial charge in [0.25, 0.3) is 0 Å². The Morgan fingerprint density at radius 1 is 1.17 bits per heavy atom. The second kappa shape index (κ2) is 5.18. The van der Waals surface area contributed by atoms with Gasteiger partial charge in [-0.2, -0.15) is 13.2 Å². The average Bonchev–Trinajstić information content (AvgIpc) is 2.38. The van der Waals surface area contributed by atoms with E-state index in [-0.39, 0.29) is 11.7 Å². The van der Waals surface area contributed by atoms with E-state index in [2.05, 4.69) is 5.32 Å². The second-order valence-electron chi connectivity index (χ2n) is 4.61. The lowest BCUT2D eigenvalue weighted by Gasteiger charge is -2.34. The van der Waals surface area contributed by atoms with Crippen LogP contribution in [0.2, 0.25) is 0 Å². The number of para-hydroxylation sites is 1. The van der Waals surface area contributed by atoms with Gasteiger partial charge in [-0.25, -0.2) is 0 Å². The maximum atomic E-state index is 12.9. The summed E-state index contributed by atoms with van der Waals surface area (Å²) >= 11 is 0. The number of hydrogen-bond acceptors (Lipinski definition) is 2. The van der Waals surface area contributed by atoms with E-state index in [1.807, 2.05) is 0 Å². The van der Waals surface area contributed by atoms with Crippen LogP contribution in [0.5, 0.6) is 0 Å². The molecule has 0 spiro atoms. The summed E-state index contributed by atoms with van der Waals surface area (Å²) < 4.78 is 38.8. The van der Waals surface area contributed by atoms with Gasteiger partial charge < -0.3 is 10.2 Å². The summed E-state index contributed by atoms with van der Waals surface area (Å²) in [5.74, 6) is 0. The molecule has 0 aromatic heterocycles. The summed E-state index contributed by atoms with van der Waals surface area (Å²) in [5, 5.41) is 3.22. The van der Waals surface area contributed by atoms with Crippen LogP contribution in [0.4, 0.5) is 18.9 Å². The Kier molecular flexibility index (Phi) is 3.80. The summed E-state index contributed by atoms with van der Waals surface area (Å²) in [5.41, 5.74) is -0.275. The number of hydrogen-bond donors (Lipinski definition) is 1. The Labute approximate surface area is 105 Å². The molecule has 0 unspecified atom stereocenters. The Morgan fingerprint density at radius 2 is 1.78 bits per heavy atom. The molecule has 18 heavy (non-hydrogen) atoms. The van der Waals surface area contributed by atoms with Gasteiger partial charge in [0.2, 0.25) is 0 Å². The monoisotopic (exact) mass is 258 g/mol. The molecular weight excluding hydrogens is 241 g/mol. The van der Waals surface area contributed by atoms with Gasteiger partial charge in [0, 0.05) is 18.8 Å². The first-order valence-electron chi connectivity index (χ1n) is 6.10. The first-order valence-corrected chi connectivity index (χ1v) is 6.10. The van der Waals surface area contributed by atoms with Gasteiger partial charge in [-0.1, -0.05) is 12.1 Å². The fraction of sp³-hybridized carbons (Fsp3) is 0.538. The molecule has 1 aromatic carbocycles. The van der Waals surface area contributed by atoms with Crippen molar-refractivity contribution in [2.75, 3.05) is 25.0 Å². The van der Waals surface area contributed by atoms with Gasteiger partial charge in [-0.3, -0.25) is 0 Å². The number of alkyl halides is 3. The largest absolute Gasteiger partial charge is 0.418 e. The fourth-order valence-corrected chi connectivity index (χ4v) is 2.41.